The van der Waals surface area contributed by atoms with Gasteiger partial charge in [0.05, 0.1) is 0 Å². The number of alkyl halides is 1. The number of halogens is 2. The normalized spacial score (nSPS) is 12.2. The van der Waals surface area contributed by atoms with Crippen LogP contribution < -0.4 is 5.32 Å². The van der Waals surface area contributed by atoms with Crippen molar-refractivity contribution in [3.63, 3.8) is 0 Å². The second-order valence-corrected chi connectivity index (χ2v) is 4.07. The van der Waals surface area contributed by atoms with E-state index >= 15 is 0 Å². The summed E-state index contributed by atoms with van der Waals surface area (Å²) in [6, 6.07) is 3.65. The van der Waals surface area contributed by atoms with Gasteiger partial charge in [-0.25, -0.2) is 4.39 Å². The van der Waals surface area contributed by atoms with Crippen LogP contribution in [0.2, 0.25) is 0 Å². The quantitative estimate of drug-likeness (QED) is 0.799. The van der Waals surface area contributed by atoms with Crippen LogP contribution in [0.15, 0.2) is 18.2 Å². The number of phenols is 1. The van der Waals surface area contributed by atoms with Gasteiger partial charge in [0.25, 0.3) is 5.91 Å². The van der Waals surface area contributed by atoms with Crippen molar-refractivity contribution in [2.45, 2.75) is 25.8 Å². The summed E-state index contributed by atoms with van der Waals surface area (Å²) in [6.45, 7) is 1.90. The molecule has 3 nitrogen and oxygen atoms in total. The number of carbonyl (C=O) groups is 1. The van der Waals surface area contributed by atoms with Crippen molar-refractivity contribution in [1.82, 2.24) is 5.32 Å². The van der Waals surface area contributed by atoms with Gasteiger partial charge in [0.15, 0.2) is 0 Å². The number of nitrogens with one attached hydrogen (secondary N) is 1. The zero-order valence-corrected chi connectivity index (χ0v) is 10.3. The van der Waals surface area contributed by atoms with Crippen LogP contribution in [0.25, 0.3) is 0 Å². The summed E-state index contributed by atoms with van der Waals surface area (Å²) in [5.41, 5.74) is -0.319. The minimum Gasteiger partial charge on any atom is -0.507 e. The van der Waals surface area contributed by atoms with Crippen LogP contribution >= 0.6 is 11.6 Å². The van der Waals surface area contributed by atoms with E-state index in [9.17, 15) is 14.3 Å². The van der Waals surface area contributed by atoms with E-state index in [1.165, 1.54) is 12.1 Å². The average Bonchev–Trinajstić information content (AvgIpc) is 2.28. The number of carbonyl (C=O) groups excluding carboxylic acids is 1. The number of rotatable bonds is 5. The molecule has 2 N–H and O–H groups in total. The first-order valence-electron chi connectivity index (χ1n) is 5.44. The van der Waals surface area contributed by atoms with Crippen molar-refractivity contribution in [2.24, 2.45) is 0 Å². The molecule has 0 aliphatic rings. The lowest BCUT2D eigenvalue weighted by molar-refractivity contribution is 0.0928. The van der Waals surface area contributed by atoms with E-state index in [1.807, 2.05) is 6.92 Å². The molecule has 17 heavy (non-hydrogen) atoms. The molecule has 0 aliphatic heterocycles. The molecule has 1 aromatic rings. The lowest BCUT2D eigenvalue weighted by Crippen LogP contribution is -2.35. The summed E-state index contributed by atoms with van der Waals surface area (Å²) >= 11 is 5.59. The largest absolute Gasteiger partial charge is 0.507 e. The fraction of sp³-hybridized carbons (Fsp3) is 0.417. The highest BCUT2D eigenvalue weighted by molar-refractivity contribution is 6.17. The molecule has 5 heteroatoms. The minimum absolute atomic E-state index is 0.112. The number of amides is 1. The highest BCUT2D eigenvalue weighted by Crippen LogP contribution is 2.19. The number of aromatic hydroxyl groups is 1. The molecule has 0 saturated carbocycles. The zero-order chi connectivity index (χ0) is 12.8. The van der Waals surface area contributed by atoms with Crippen LogP contribution in [-0.2, 0) is 0 Å². The summed E-state index contributed by atoms with van der Waals surface area (Å²) < 4.78 is 13.4. The van der Waals surface area contributed by atoms with Gasteiger partial charge >= 0.3 is 0 Å². The van der Waals surface area contributed by atoms with Gasteiger partial charge in [0.1, 0.15) is 17.1 Å². The lowest BCUT2D eigenvalue weighted by atomic mass is 10.1. The minimum atomic E-state index is -0.733. The molecule has 0 radical (unpaired) electrons. The van der Waals surface area contributed by atoms with Crippen LogP contribution in [0, 0.1) is 5.82 Å². The molecule has 1 aromatic carbocycles. The summed E-state index contributed by atoms with van der Waals surface area (Å²) in [4.78, 5) is 11.8. The Kier molecular flexibility index (Phi) is 5.22. The van der Waals surface area contributed by atoms with Crippen molar-refractivity contribution in [2.75, 3.05) is 5.88 Å². The van der Waals surface area contributed by atoms with Crippen LogP contribution in [0.5, 0.6) is 5.75 Å². The maximum atomic E-state index is 13.4. The van der Waals surface area contributed by atoms with E-state index in [0.29, 0.717) is 18.7 Å². The molecule has 0 saturated heterocycles. The maximum absolute atomic E-state index is 13.4. The Labute approximate surface area is 105 Å². The van der Waals surface area contributed by atoms with Crippen LogP contribution in [-0.4, -0.2) is 22.9 Å². The fourth-order valence-corrected chi connectivity index (χ4v) is 1.77. The van der Waals surface area contributed by atoms with Gasteiger partial charge in [-0.3, -0.25) is 4.79 Å². The van der Waals surface area contributed by atoms with Gasteiger partial charge in [-0.1, -0.05) is 13.0 Å². The topological polar surface area (TPSA) is 49.3 Å². The van der Waals surface area contributed by atoms with Crippen LogP contribution in [0.1, 0.15) is 30.1 Å². The number of benzene rings is 1. The summed E-state index contributed by atoms with van der Waals surface area (Å²) in [6.07, 6.45) is 1.31. The molecular weight excluding hydrogens is 245 g/mol. The third kappa shape index (κ3) is 3.60. The molecule has 0 heterocycles. The first kappa shape index (κ1) is 13.8. The molecule has 1 rings (SSSR count). The highest BCUT2D eigenvalue weighted by Gasteiger charge is 2.18. The predicted octanol–water partition coefficient (Wildman–Crippen LogP) is 2.67. The van der Waals surface area contributed by atoms with Crippen molar-refractivity contribution >= 4 is 17.5 Å². The van der Waals surface area contributed by atoms with E-state index in [1.54, 1.807) is 0 Å². The summed E-state index contributed by atoms with van der Waals surface area (Å²) in [5.74, 6) is -1.29. The van der Waals surface area contributed by atoms with Gasteiger partial charge in [-0.2, -0.15) is 0 Å². The van der Waals surface area contributed by atoms with Crippen molar-refractivity contribution in [1.29, 1.82) is 0 Å². The van der Waals surface area contributed by atoms with Gasteiger partial charge < -0.3 is 10.4 Å². The predicted molar refractivity (Wildman–Crippen MR) is 64.9 cm³/mol. The average molecular weight is 260 g/mol. The molecule has 1 amide bonds. The van der Waals surface area contributed by atoms with Crippen LogP contribution in [0.4, 0.5) is 4.39 Å². The maximum Gasteiger partial charge on any atom is 0.258 e. The van der Waals surface area contributed by atoms with E-state index in [4.69, 9.17) is 11.6 Å². The third-order valence-corrected chi connectivity index (χ3v) is 2.72. The molecule has 1 unspecified atom stereocenters. The van der Waals surface area contributed by atoms with E-state index in [-0.39, 0.29) is 17.4 Å². The standard InChI is InChI=1S/C12H15ClFNO2/c1-2-8(6-7-13)15-12(17)11-9(14)4-3-5-10(11)16/h3-5,8,16H,2,6-7H2,1H3,(H,15,17). The Balaban J connectivity index is 2.82. The Morgan fingerprint density at radius 1 is 1.59 bits per heavy atom. The monoisotopic (exact) mass is 259 g/mol. The number of hydrogen-bond donors (Lipinski definition) is 2. The molecule has 0 spiro atoms. The van der Waals surface area contributed by atoms with Crippen LogP contribution in [0.3, 0.4) is 0 Å². The third-order valence-electron chi connectivity index (χ3n) is 2.50. The molecule has 94 valence electrons. The second-order valence-electron chi connectivity index (χ2n) is 3.69. The Hall–Kier alpha value is -1.29. The lowest BCUT2D eigenvalue weighted by Gasteiger charge is -2.16. The zero-order valence-electron chi connectivity index (χ0n) is 9.54. The van der Waals surface area contributed by atoms with Gasteiger partial charge in [-0.05, 0) is 25.0 Å². The first-order valence-corrected chi connectivity index (χ1v) is 5.97. The molecule has 0 bridgehead atoms. The first-order chi connectivity index (χ1) is 8.10. The number of phenolic OH excluding ortho intramolecular Hbond substituents is 1. The smallest absolute Gasteiger partial charge is 0.258 e. The SMILES string of the molecule is CCC(CCCl)NC(=O)c1c(O)cccc1F. The van der Waals surface area contributed by atoms with E-state index < -0.39 is 11.7 Å². The van der Waals surface area contributed by atoms with Gasteiger partial charge in [-0.15, -0.1) is 11.6 Å². The molecule has 0 fully saturated rings. The van der Waals surface area contributed by atoms with E-state index in [0.717, 1.165) is 6.07 Å². The summed E-state index contributed by atoms with van der Waals surface area (Å²) in [7, 11) is 0. The second kappa shape index (κ2) is 6.45. The molecular formula is C12H15ClFNO2. The van der Waals surface area contributed by atoms with Crippen molar-refractivity contribution in [3.8, 4) is 5.75 Å². The Bertz CT molecular complexity index is 378. The van der Waals surface area contributed by atoms with Crippen molar-refractivity contribution in [3.05, 3.63) is 29.6 Å². The fourth-order valence-electron chi connectivity index (χ4n) is 1.51. The highest BCUT2D eigenvalue weighted by atomic mass is 35.5. The Morgan fingerprint density at radius 2 is 2.29 bits per heavy atom. The summed E-state index contributed by atoms with van der Waals surface area (Å²) in [5, 5.41) is 12.1. The molecule has 1 atom stereocenters. The van der Waals surface area contributed by atoms with E-state index in [2.05, 4.69) is 5.32 Å². The molecule has 0 aliphatic carbocycles. The van der Waals surface area contributed by atoms with Gasteiger partial charge in [0.2, 0.25) is 0 Å². The van der Waals surface area contributed by atoms with Gasteiger partial charge in [0, 0.05) is 11.9 Å². The van der Waals surface area contributed by atoms with Crippen molar-refractivity contribution < 1.29 is 14.3 Å². The number of hydrogen-bond acceptors (Lipinski definition) is 2. The molecule has 0 aromatic heterocycles. The Morgan fingerprint density at radius 3 is 2.82 bits per heavy atom.